The normalized spacial score (nSPS) is 11.3. The number of rotatable bonds is 4. The molecule has 6 heteroatoms. The van der Waals surface area contributed by atoms with Crippen molar-refractivity contribution in [1.82, 2.24) is 14.8 Å². The van der Waals surface area contributed by atoms with E-state index in [2.05, 4.69) is 29.2 Å². The summed E-state index contributed by atoms with van der Waals surface area (Å²) in [7, 11) is 0. The van der Waals surface area contributed by atoms with Gasteiger partial charge >= 0.3 is 0 Å². The molecule has 114 valence electrons. The maximum absolute atomic E-state index is 12.4. The Morgan fingerprint density at radius 1 is 1.36 bits per heavy atom. The number of pyridine rings is 1. The van der Waals surface area contributed by atoms with Crippen LogP contribution in [0.5, 0.6) is 0 Å². The first-order valence-electron chi connectivity index (χ1n) is 7.23. The van der Waals surface area contributed by atoms with Crippen molar-refractivity contribution >= 4 is 33.1 Å². The Labute approximate surface area is 133 Å². The van der Waals surface area contributed by atoms with Crippen LogP contribution in [0.15, 0.2) is 30.6 Å². The number of anilines is 1. The van der Waals surface area contributed by atoms with Gasteiger partial charge in [0, 0.05) is 30.0 Å². The second-order valence-electron chi connectivity index (χ2n) is 5.68. The summed E-state index contributed by atoms with van der Waals surface area (Å²) in [6.07, 6.45) is 3.32. The Morgan fingerprint density at radius 2 is 2.09 bits per heavy atom. The topological polar surface area (TPSA) is 59.8 Å². The van der Waals surface area contributed by atoms with E-state index in [1.165, 1.54) is 11.3 Å². The van der Waals surface area contributed by atoms with Gasteiger partial charge in [0.05, 0.1) is 10.6 Å². The van der Waals surface area contributed by atoms with Crippen molar-refractivity contribution in [3.05, 3.63) is 41.2 Å². The number of hydrogen-bond donors (Lipinski definition) is 1. The summed E-state index contributed by atoms with van der Waals surface area (Å²) in [4.78, 5) is 18.1. The van der Waals surface area contributed by atoms with E-state index in [1.807, 2.05) is 17.7 Å². The van der Waals surface area contributed by atoms with E-state index in [-0.39, 0.29) is 5.91 Å². The Balaban J connectivity index is 1.90. The van der Waals surface area contributed by atoms with Gasteiger partial charge in [0.25, 0.3) is 5.91 Å². The zero-order valence-corrected chi connectivity index (χ0v) is 13.6. The molecule has 0 aliphatic rings. The zero-order valence-electron chi connectivity index (χ0n) is 12.8. The fourth-order valence-corrected chi connectivity index (χ4v) is 3.39. The standard InChI is InChI=1S/C16H18N4OS/c1-10(2)9-20-16-13(11(3)19-20)8-14(22-16)15(21)18-12-4-6-17-7-5-12/h4-8,10H,9H2,1-3H3,(H,17,18,21). The van der Waals surface area contributed by atoms with Crippen molar-refractivity contribution in [3.63, 3.8) is 0 Å². The number of amides is 1. The van der Waals surface area contributed by atoms with Crippen LogP contribution in [0, 0.1) is 12.8 Å². The molecule has 0 fully saturated rings. The van der Waals surface area contributed by atoms with Crippen LogP contribution in [0.2, 0.25) is 0 Å². The molecule has 5 nitrogen and oxygen atoms in total. The average Bonchev–Trinajstić information content (AvgIpc) is 3.02. The van der Waals surface area contributed by atoms with Crippen molar-refractivity contribution < 1.29 is 4.79 Å². The van der Waals surface area contributed by atoms with E-state index < -0.39 is 0 Å². The van der Waals surface area contributed by atoms with Crippen molar-refractivity contribution in [2.75, 3.05) is 5.32 Å². The molecule has 3 rings (SSSR count). The lowest BCUT2D eigenvalue weighted by Gasteiger charge is -2.05. The molecule has 0 radical (unpaired) electrons. The summed E-state index contributed by atoms with van der Waals surface area (Å²) in [5.74, 6) is 0.418. The number of aryl methyl sites for hydroxylation is 1. The summed E-state index contributed by atoms with van der Waals surface area (Å²) in [6, 6.07) is 5.48. The number of fused-ring (bicyclic) bond motifs is 1. The molecule has 1 N–H and O–H groups in total. The van der Waals surface area contributed by atoms with Crippen molar-refractivity contribution in [3.8, 4) is 0 Å². The first kappa shape index (κ1) is 14.7. The van der Waals surface area contributed by atoms with Gasteiger partial charge in [-0.2, -0.15) is 5.10 Å². The first-order chi connectivity index (χ1) is 10.5. The SMILES string of the molecule is Cc1nn(CC(C)C)c2sc(C(=O)Nc3ccncc3)cc12. The van der Waals surface area contributed by atoms with E-state index in [1.54, 1.807) is 24.5 Å². The molecular weight excluding hydrogens is 296 g/mol. The van der Waals surface area contributed by atoms with Gasteiger partial charge in [-0.15, -0.1) is 11.3 Å². The highest BCUT2D eigenvalue weighted by molar-refractivity contribution is 7.20. The highest BCUT2D eigenvalue weighted by atomic mass is 32.1. The third-order valence-corrected chi connectivity index (χ3v) is 4.45. The molecule has 0 atom stereocenters. The molecule has 1 amide bonds. The number of hydrogen-bond acceptors (Lipinski definition) is 4. The molecule has 0 aliphatic carbocycles. The maximum atomic E-state index is 12.4. The lowest BCUT2D eigenvalue weighted by molar-refractivity contribution is 0.103. The van der Waals surface area contributed by atoms with Crippen LogP contribution in [0.1, 0.15) is 29.2 Å². The minimum Gasteiger partial charge on any atom is -0.321 e. The van der Waals surface area contributed by atoms with Gasteiger partial charge in [-0.3, -0.25) is 14.5 Å². The van der Waals surface area contributed by atoms with E-state index in [4.69, 9.17) is 0 Å². The lowest BCUT2D eigenvalue weighted by atomic mass is 10.2. The van der Waals surface area contributed by atoms with Gasteiger partial charge in [0.2, 0.25) is 0 Å². The van der Waals surface area contributed by atoms with Gasteiger partial charge in [0.15, 0.2) is 0 Å². The third kappa shape index (κ3) is 2.87. The Hall–Kier alpha value is -2.21. The van der Waals surface area contributed by atoms with E-state index in [0.29, 0.717) is 10.8 Å². The van der Waals surface area contributed by atoms with Gasteiger partial charge in [-0.25, -0.2) is 0 Å². The van der Waals surface area contributed by atoms with Gasteiger partial charge < -0.3 is 5.32 Å². The summed E-state index contributed by atoms with van der Waals surface area (Å²) >= 11 is 1.49. The monoisotopic (exact) mass is 314 g/mol. The number of carbonyl (C=O) groups is 1. The number of carbonyl (C=O) groups excluding carboxylic acids is 1. The van der Waals surface area contributed by atoms with Crippen LogP contribution in [-0.2, 0) is 6.54 Å². The average molecular weight is 314 g/mol. The highest BCUT2D eigenvalue weighted by Gasteiger charge is 2.16. The molecule has 0 saturated carbocycles. The quantitative estimate of drug-likeness (QED) is 0.798. The van der Waals surface area contributed by atoms with Crippen LogP contribution in [0.4, 0.5) is 5.69 Å². The van der Waals surface area contributed by atoms with Crippen molar-refractivity contribution in [2.24, 2.45) is 5.92 Å². The van der Waals surface area contributed by atoms with E-state index >= 15 is 0 Å². The van der Waals surface area contributed by atoms with Crippen molar-refractivity contribution in [1.29, 1.82) is 0 Å². The molecule has 3 heterocycles. The minimum atomic E-state index is -0.0945. The van der Waals surface area contributed by atoms with Crippen LogP contribution >= 0.6 is 11.3 Å². The summed E-state index contributed by atoms with van der Waals surface area (Å²) in [5.41, 5.74) is 1.72. The van der Waals surface area contributed by atoms with Gasteiger partial charge in [-0.05, 0) is 31.0 Å². The van der Waals surface area contributed by atoms with Crippen LogP contribution in [-0.4, -0.2) is 20.7 Å². The van der Waals surface area contributed by atoms with Crippen LogP contribution < -0.4 is 5.32 Å². The fraction of sp³-hybridized carbons (Fsp3) is 0.312. The Morgan fingerprint density at radius 3 is 2.77 bits per heavy atom. The fourth-order valence-electron chi connectivity index (χ4n) is 2.32. The molecule has 0 bridgehead atoms. The molecule has 22 heavy (non-hydrogen) atoms. The van der Waals surface area contributed by atoms with Crippen LogP contribution in [0.3, 0.4) is 0 Å². The predicted molar refractivity (Wildman–Crippen MR) is 89.4 cm³/mol. The molecule has 0 aliphatic heterocycles. The molecule has 0 saturated heterocycles. The number of nitrogens with one attached hydrogen (secondary N) is 1. The maximum Gasteiger partial charge on any atom is 0.265 e. The summed E-state index contributed by atoms with van der Waals surface area (Å²) < 4.78 is 2.00. The molecular formula is C16H18N4OS. The predicted octanol–water partition coefficient (Wildman–Crippen LogP) is 3.71. The zero-order chi connectivity index (χ0) is 15.7. The van der Waals surface area contributed by atoms with E-state index in [9.17, 15) is 4.79 Å². The Kier molecular flexibility index (Phi) is 3.94. The number of nitrogens with zero attached hydrogens (tertiary/aromatic N) is 3. The number of thiophene rings is 1. The molecule has 0 aromatic carbocycles. The summed E-state index contributed by atoms with van der Waals surface area (Å²) in [6.45, 7) is 7.16. The Bertz CT molecular complexity index is 804. The second-order valence-corrected chi connectivity index (χ2v) is 6.71. The largest absolute Gasteiger partial charge is 0.321 e. The first-order valence-corrected chi connectivity index (χ1v) is 8.04. The lowest BCUT2D eigenvalue weighted by Crippen LogP contribution is -2.10. The number of aromatic nitrogens is 3. The van der Waals surface area contributed by atoms with E-state index in [0.717, 1.165) is 28.1 Å². The minimum absolute atomic E-state index is 0.0945. The molecule has 0 unspecified atom stereocenters. The molecule has 3 aromatic rings. The molecule has 0 spiro atoms. The second kappa shape index (κ2) is 5.88. The highest BCUT2D eigenvalue weighted by Crippen LogP contribution is 2.29. The summed E-state index contributed by atoms with van der Waals surface area (Å²) in [5, 5.41) is 8.51. The van der Waals surface area contributed by atoms with Gasteiger partial charge in [-0.1, -0.05) is 13.8 Å². The third-order valence-electron chi connectivity index (χ3n) is 3.31. The van der Waals surface area contributed by atoms with Gasteiger partial charge in [0.1, 0.15) is 4.83 Å². The van der Waals surface area contributed by atoms with Crippen molar-refractivity contribution in [2.45, 2.75) is 27.3 Å². The van der Waals surface area contributed by atoms with Crippen LogP contribution in [0.25, 0.3) is 10.2 Å². The molecule has 3 aromatic heterocycles. The smallest absolute Gasteiger partial charge is 0.265 e.